The first-order valence-electron chi connectivity index (χ1n) is 6.64. The van der Waals surface area contributed by atoms with Crippen molar-refractivity contribution in [3.05, 3.63) is 52.0 Å². The molecular formula is C15H19N3OS. The van der Waals surface area contributed by atoms with Gasteiger partial charge in [-0.25, -0.2) is 4.98 Å². The van der Waals surface area contributed by atoms with Gasteiger partial charge < -0.3 is 11.1 Å². The summed E-state index contributed by atoms with van der Waals surface area (Å²) >= 11 is 1.60. The third-order valence-corrected chi connectivity index (χ3v) is 3.80. The zero-order valence-electron chi connectivity index (χ0n) is 11.5. The molecule has 0 unspecified atom stereocenters. The van der Waals surface area contributed by atoms with Gasteiger partial charge in [-0.3, -0.25) is 4.79 Å². The van der Waals surface area contributed by atoms with Gasteiger partial charge in [-0.15, -0.1) is 11.3 Å². The molecule has 0 aliphatic carbocycles. The van der Waals surface area contributed by atoms with Crippen LogP contribution in [0.5, 0.6) is 0 Å². The van der Waals surface area contributed by atoms with Crippen LogP contribution in [0, 0.1) is 0 Å². The van der Waals surface area contributed by atoms with Crippen LogP contribution < -0.4 is 11.1 Å². The number of carbonyl (C=O) groups is 1. The molecule has 0 saturated carbocycles. The number of hydrogen-bond donors (Lipinski definition) is 2. The quantitative estimate of drug-likeness (QED) is 0.851. The highest BCUT2D eigenvalue weighted by Gasteiger charge is 2.10. The Bertz CT molecular complexity index is 553. The normalized spacial score (nSPS) is 12.1. The van der Waals surface area contributed by atoms with E-state index in [1.54, 1.807) is 11.3 Å². The van der Waals surface area contributed by atoms with E-state index in [1.807, 2.05) is 30.5 Å². The second-order valence-electron chi connectivity index (χ2n) is 4.78. The highest BCUT2D eigenvalue weighted by atomic mass is 32.1. The van der Waals surface area contributed by atoms with E-state index in [0.29, 0.717) is 13.0 Å². The van der Waals surface area contributed by atoms with Crippen LogP contribution in [0.1, 0.15) is 23.2 Å². The molecule has 1 heterocycles. The Hall–Kier alpha value is -1.72. The van der Waals surface area contributed by atoms with Crippen LogP contribution in [0.4, 0.5) is 0 Å². The van der Waals surface area contributed by atoms with Crippen molar-refractivity contribution in [2.45, 2.75) is 25.8 Å². The van der Waals surface area contributed by atoms with Gasteiger partial charge in [0.05, 0.1) is 17.1 Å². The molecule has 4 nitrogen and oxygen atoms in total. The summed E-state index contributed by atoms with van der Waals surface area (Å²) in [5, 5.41) is 5.82. The zero-order chi connectivity index (χ0) is 14.4. The van der Waals surface area contributed by atoms with E-state index in [0.717, 1.165) is 17.1 Å². The monoisotopic (exact) mass is 289 g/mol. The maximum atomic E-state index is 11.7. The first-order valence-corrected chi connectivity index (χ1v) is 7.52. The maximum absolute atomic E-state index is 11.7. The zero-order valence-corrected chi connectivity index (χ0v) is 12.3. The Morgan fingerprint density at radius 2 is 2.15 bits per heavy atom. The number of nitrogens with two attached hydrogens (primary N) is 1. The molecule has 106 valence electrons. The Balaban J connectivity index is 1.91. The second-order valence-corrected chi connectivity index (χ2v) is 5.72. The molecule has 0 aliphatic rings. The summed E-state index contributed by atoms with van der Waals surface area (Å²) in [6.07, 6.45) is 1.13. The molecule has 1 aromatic heterocycles. The lowest BCUT2D eigenvalue weighted by atomic mass is 10.2. The van der Waals surface area contributed by atoms with Crippen LogP contribution in [-0.4, -0.2) is 23.5 Å². The van der Waals surface area contributed by atoms with Crippen molar-refractivity contribution in [1.29, 1.82) is 0 Å². The van der Waals surface area contributed by atoms with Crippen molar-refractivity contribution < 1.29 is 4.79 Å². The fourth-order valence-corrected chi connectivity index (χ4v) is 2.66. The van der Waals surface area contributed by atoms with E-state index in [2.05, 4.69) is 22.4 Å². The summed E-state index contributed by atoms with van der Waals surface area (Å²) in [6.45, 7) is 2.34. The number of aromatic nitrogens is 1. The summed E-state index contributed by atoms with van der Waals surface area (Å²) < 4.78 is 0. The topological polar surface area (TPSA) is 68.0 Å². The highest BCUT2D eigenvalue weighted by molar-refractivity contribution is 7.09. The molecule has 0 bridgehead atoms. The molecule has 1 atom stereocenters. The Labute approximate surface area is 123 Å². The number of rotatable bonds is 6. The predicted octanol–water partition coefficient (Wildman–Crippen LogP) is 1.74. The summed E-state index contributed by atoms with van der Waals surface area (Å²) in [5.74, 6) is -0.0282. The molecule has 0 radical (unpaired) electrons. The minimum absolute atomic E-state index is 0.00456. The van der Waals surface area contributed by atoms with Crippen molar-refractivity contribution in [1.82, 2.24) is 10.3 Å². The third kappa shape index (κ3) is 4.43. The van der Waals surface area contributed by atoms with Gasteiger partial charge in [0.25, 0.3) is 0 Å². The first kappa shape index (κ1) is 14.7. The van der Waals surface area contributed by atoms with E-state index in [4.69, 9.17) is 5.73 Å². The van der Waals surface area contributed by atoms with Crippen molar-refractivity contribution in [2.75, 3.05) is 6.54 Å². The Kier molecular flexibility index (Phi) is 5.26. The van der Waals surface area contributed by atoms with Gasteiger partial charge in [0.15, 0.2) is 0 Å². The number of nitrogens with zero attached hydrogens (tertiary/aromatic N) is 1. The third-order valence-electron chi connectivity index (χ3n) is 2.90. The maximum Gasteiger partial charge on any atom is 0.226 e. The lowest BCUT2D eigenvalue weighted by Gasteiger charge is -2.09. The summed E-state index contributed by atoms with van der Waals surface area (Å²) in [5.41, 5.74) is 7.53. The van der Waals surface area contributed by atoms with E-state index in [-0.39, 0.29) is 11.9 Å². The van der Waals surface area contributed by atoms with E-state index in [9.17, 15) is 4.79 Å². The van der Waals surface area contributed by atoms with Crippen molar-refractivity contribution in [3.8, 4) is 0 Å². The largest absolute Gasteiger partial charge is 0.352 e. The van der Waals surface area contributed by atoms with Gasteiger partial charge in [0.2, 0.25) is 5.91 Å². The summed E-state index contributed by atoms with van der Waals surface area (Å²) in [4.78, 5) is 16.3. The highest BCUT2D eigenvalue weighted by Crippen LogP contribution is 2.15. The molecular weight excluding hydrogens is 270 g/mol. The fourth-order valence-electron chi connectivity index (χ4n) is 1.83. The molecule has 2 rings (SSSR count). The average molecular weight is 289 g/mol. The van der Waals surface area contributed by atoms with Crippen LogP contribution in [0.15, 0.2) is 35.7 Å². The molecule has 3 N–H and O–H groups in total. The standard InChI is InChI=1S/C15H19N3OS/c1-11(9-16)17-14(19)8-13-10-20-15(18-13)7-12-5-3-2-4-6-12/h2-6,10-11H,7-9,16H2,1H3,(H,17,19)/t11-/m0/s1. The SMILES string of the molecule is C[C@@H](CN)NC(=O)Cc1csc(Cc2ccccc2)n1. The first-order chi connectivity index (χ1) is 9.67. The molecule has 5 heteroatoms. The number of benzene rings is 1. The van der Waals surface area contributed by atoms with Gasteiger partial charge in [-0.1, -0.05) is 30.3 Å². The van der Waals surface area contributed by atoms with E-state index < -0.39 is 0 Å². The number of carbonyl (C=O) groups excluding carboxylic acids is 1. The number of amides is 1. The van der Waals surface area contributed by atoms with Crippen LogP contribution in [0.25, 0.3) is 0 Å². The number of nitrogens with one attached hydrogen (secondary N) is 1. The molecule has 1 amide bonds. The van der Waals surface area contributed by atoms with Crippen molar-refractivity contribution in [2.24, 2.45) is 5.73 Å². The van der Waals surface area contributed by atoms with Crippen LogP contribution in [-0.2, 0) is 17.6 Å². The summed E-state index contributed by atoms with van der Waals surface area (Å²) in [7, 11) is 0. The van der Waals surface area contributed by atoms with Gasteiger partial charge in [-0.2, -0.15) is 0 Å². The van der Waals surface area contributed by atoms with Gasteiger partial charge in [-0.05, 0) is 12.5 Å². The molecule has 0 spiro atoms. The smallest absolute Gasteiger partial charge is 0.226 e. The summed E-state index contributed by atoms with van der Waals surface area (Å²) in [6, 6.07) is 10.2. The van der Waals surface area contributed by atoms with Gasteiger partial charge in [0.1, 0.15) is 0 Å². The van der Waals surface area contributed by atoms with Crippen LogP contribution in [0.3, 0.4) is 0 Å². The van der Waals surface area contributed by atoms with E-state index >= 15 is 0 Å². The fraction of sp³-hybridized carbons (Fsp3) is 0.333. The number of thiazole rings is 1. The van der Waals surface area contributed by atoms with Gasteiger partial charge in [0, 0.05) is 24.4 Å². The van der Waals surface area contributed by atoms with Crippen LogP contribution in [0.2, 0.25) is 0 Å². The van der Waals surface area contributed by atoms with Crippen molar-refractivity contribution >= 4 is 17.2 Å². The lowest BCUT2D eigenvalue weighted by Crippen LogP contribution is -2.38. The molecule has 0 aliphatic heterocycles. The molecule has 2 aromatic rings. The average Bonchev–Trinajstić information content (AvgIpc) is 2.86. The molecule has 1 aromatic carbocycles. The molecule has 0 saturated heterocycles. The predicted molar refractivity (Wildman–Crippen MR) is 81.7 cm³/mol. The Morgan fingerprint density at radius 3 is 2.85 bits per heavy atom. The Morgan fingerprint density at radius 1 is 1.40 bits per heavy atom. The molecule has 20 heavy (non-hydrogen) atoms. The van der Waals surface area contributed by atoms with Gasteiger partial charge >= 0.3 is 0 Å². The van der Waals surface area contributed by atoms with E-state index in [1.165, 1.54) is 5.56 Å². The number of hydrogen-bond acceptors (Lipinski definition) is 4. The second kappa shape index (κ2) is 7.17. The minimum atomic E-state index is -0.0282. The molecule has 0 fully saturated rings. The van der Waals surface area contributed by atoms with Crippen LogP contribution >= 0.6 is 11.3 Å². The van der Waals surface area contributed by atoms with Crippen molar-refractivity contribution in [3.63, 3.8) is 0 Å². The minimum Gasteiger partial charge on any atom is -0.352 e. The lowest BCUT2D eigenvalue weighted by molar-refractivity contribution is -0.121.